The van der Waals surface area contributed by atoms with Crippen LogP contribution in [0.3, 0.4) is 0 Å². The van der Waals surface area contributed by atoms with Crippen LogP contribution in [0.1, 0.15) is 52.4 Å². The van der Waals surface area contributed by atoms with Crippen molar-refractivity contribution < 1.29 is 4.74 Å². The van der Waals surface area contributed by atoms with Crippen molar-refractivity contribution in [2.75, 3.05) is 26.8 Å². The van der Waals surface area contributed by atoms with Gasteiger partial charge in [-0.15, -0.1) is 13.2 Å². The summed E-state index contributed by atoms with van der Waals surface area (Å²) in [6.07, 6.45) is 8.53. The Bertz CT molecular complexity index is 170. The van der Waals surface area contributed by atoms with Gasteiger partial charge in [-0.1, -0.05) is 26.7 Å². The van der Waals surface area contributed by atoms with Crippen molar-refractivity contribution in [3.05, 3.63) is 13.2 Å². The lowest BCUT2D eigenvalue weighted by Gasteiger charge is -2.35. The van der Waals surface area contributed by atoms with Gasteiger partial charge < -0.3 is 9.64 Å². The van der Waals surface area contributed by atoms with E-state index in [1.165, 1.54) is 51.6 Å². The Morgan fingerprint density at radius 2 is 1.50 bits per heavy atom. The first-order valence-corrected chi connectivity index (χ1v) is 7.63. The van der Waals surface area contributed by atoms with Crippen LogP contribution in [0.4, 0.5) is 0 Å². The molecule has 0 radical (unpaired) electrons. The van der Waals surface area contributed by atoms with E-state index in [1.807, 2.05) is 21.0 Å². The predicted octanol–water partition coefficient (Wildman–Crippen LogP) is 4.12. The molecular weight excluding hydrogens is 222 g/mol. The van der Waals surface area contributed by atoms with Gasteiger partial charge in [0.15, 0.2) is 0 Å². The molecule has 2 heteroatoms. The molecule has 1 saturated carbocycles. The third-order valence-corrected chi connectivity index (χ3v) is 3.89. The van der Waals surface area contributed by atoms with E-state index in [4.69, 9.17) is 4.74 Å². The summed E-state index contributed by atoms with van der Waals surface area (Å²) in [6, 6.07) is 0.929. The van der Waals surface area contributed by atoms with Gasteiger partial charge in [-0.3, -0.25) is 0 Å². The third kappa shape index (κ3) is 6.01. The second kappa shape index (κ2) is 11.7. The summed E-state index contributed by atoms with van der Waals surface area (Å²) in [5, 5.41) is 0. The molecule has 1 aliphatic heterocycles. The molecule has 0 aromatic rings. The molecule has 0 amide bonds. The van der Waals surface area contributed by atoms with E-state index in [2.05, 4.69) is 18.1 Å². The molecule has 0 N–H and O–H groups in total. The van der Waals surface area contributed by atoms with Crippen LogP contribution >= 0.6 is 0 Å². The van der Waals surface area contributed by atoms with E-state index in [-0.39, 0.29) is 0 Å². The third-order valence-electron chi connectivity index (χ3n) is 3.89. The Hall–Kier alpha value is -0.340. The topological polar surface area (TPSA) is 12.5 Å². The molecule has 0 bridgehead atoms. The Balaban J connectivity index is 0.000000659. The summed E-state index contributed by atoms with van der Waals surface area (Å²) in [5.41, 5.74) is 0. The van der Waals surface area contributed by atoms with Gasteiger partial charge in [-0.2, -0.15) is 0 Å². The van der Waals surface area contributed by atoms with Gasteiger partial charge in [-0.05, 0) is 44.7 Å². The van der Waals surface area contributed by atoms with Crippen molar-refractivity contribution in [2.45, 2.75) is 58.4 Å². The van der Waals surface area contributed by atoms with Crippen molar-refractivity contribution >= 4 is 0 Å². The maximum Gasteiger partial charge on any atom is 0.0491 e. The summed E-state index contributed by atoms with van der Waals surface area (Å²) < 4.78 is 5.22. The molecule has 0 spiro atoms. The Kier molecular flexibility index (Phi) is 11.5. The molecule has 2 aliphatic rings. The minimum Gasteiger partial charge on any atom is -0.384 e. The van der Waals surface area contributed by atoms with Crippen LogP contribution in [0.15, 0.2) is 13.2 Å². The zero-order valence-corrected chi connectivity index (χ0v) is 12.8. The zero-order valence-electron chi connectivity index (χ0n) is 12.8. The summed E-state index contributed by atoms with van der Waals surface area (Å²) >= 11 is 0. The second-order valence-corrected chi connectivity index (χ2v) is 4.87. The second-order valence-electron chi connectivity index (χ2n) is 4.87. The standard InChI is InChI=1S/C12H23NO.C2H6.C2H4/c1-14-10-11-6-8-13(9-7-11)12-4-2-3-5-12;2*1-2/h11-12H,2-10H2,1H3;1-2H3;1-2H2. The van der Waals surface area contributed by atoms with E-state index in [0.29, 0.717) is 0 Å². The quantitative estimate of drug-likeness (QED) is 0.704. The number of methoxy groups -OCH3 is 1. The number of hydrogen-bond acceptors (Lipinski definition) is 2. The van der Waals surface area contributed by atoms with Gasteiger partial charge in [0.05, 0.1) is 0 Å². The Morgan fingerprint density at radius 1 is 1.00 bits per heavy atom. The SMILES string of the molecule is C=C.CC.COCC1CCN(C2CCCC2)CC1. The fraction of sp³-hybridized carbons (Fsp3) is 0.875. The predicted molar refractivity (Wildman–Crippen MR) is 81.0 cm³/mol. The van der Waals surface area contributed by atoms with E-state index >= 15 is 0 Å². The van der Waals surface area contributed by atoms with Gasteiger partial charge >= 0.3 is 0 Å². The van der Waals surface area contributed by atoms with Crippen LogP contribution < -0.4 is 0 Å². The first kappa shape index (κ1) is 17.7. The van der Waals surface area contributed by atoms with Crippen LogP contribution in [0.5, 0.6) is 0 Å². The molecule has 1 heterocycles. The van der Waals surface area contributed by atoms with Crippen molar-refractivity contribution in [1.29, 1.82) is 0 Å². The highest BCUT2D eigenvalue weighted by Gasteiger charge is 2.26. The zero-order chi connectivity index (χ0) is 13.8. The lowest BCUT2D eigenvalue weighted by Crippen LogP contribution is -2.40. The largest absolute Gasteiger partial charge is 0.384 e. The van der Waals surface area contributed by atoms with Gasteiger partial charge in [0, 0.05) is 19.8 Å². The molecule has 2 fully saturated rings. The smallest absolute Gasteiger partial charge is 0.0491 e. The molecule has 108 valence electrons. The Labute approximate surface area is 114 Å². The van der Waals surface area contributed by atoms with Gasteiger partial charge in [0.1, 0.15) is 0 Å². The summed E-state index contributed by atoms with van der Waals surface area (Å²) in [6.45, 7) is 13.6. The summed E-state index contributed by atoms with van der Waals surface area (Å²) in [5.74, 6) is 0.831. The number of nitrogens with zero attached hydrogens (tertiary/aromatic N) is 1. The van der Waals surface area contributed by atoms with Crippen LogP contribution in [0, 0.1) is 5.92 Å². The highest BCUT2D eigenvalue weighted by Crippen LogP contribution is 2.27. The molecule has 1 aliphatic carbocycles. The first-order valence-electron chi connectivity index (χ1n) is 7.63. The van der Waals surface area contributed by atoms with Crippen molar-refractivity contribution in [3.63, 3.8) is 0 Å². The maximum absolute atomic E-state index is 5.22. The maximum atomic E-state index is 5.22. The summed E-state index contributed by atoms with van der Waals surface area (Å²) in [4.78, 5) is 2.72. The average Bonchev–Trinajstić information content (AvgIpc) is 2.99. The highest BCUT2D eigenvalue weighted by atomic mass is 16.5. The monoisotopic (exact) mass is 255 g/mol. The van der Waals surface area contributed by atoms with Crippen molar-refractivity contribution in [3.8, 4) is 0 Å². The number of likely N-dealkylation sites (tertiary alicyclic amines) is 1. The van der Waals surface area contributed by atoms with Crippen molar-refractivity contribution in [2.24, 2.45) is 5.92 Å². The first-order chi connectivity index (χ1) is 8.90. The van der Waals surface area contributed by atoms with Gasteiger partial charge in [0.2, 0.25) is 0 Å². The molecule has 0 aromatic heterocycles. The normalized spacial score (nSPS) is 21.7. The summed E-state index contributed by atoms with van der Waals surface area (Å²) in [7, 11) is 1.82. The number of piperidine rings is 1. The fourth-order valence-electron chi connectivity index (χ4n) is 2.99. The van der Waals surface area contributed by atoms with E-state index < -0.39 is 0 Å². The van der Waals surface area contributed by atoms with Crippen LogP contribution in [0.25, 0.3) is 0 Å². The minimum absolute atomic E-state index is 0.831. The lowest BCUT2D eigenvalue weighted by molar-refractivity contribution is 0.0808. The fourth-order valence-corrected chi connectivity index (χ4v) is 2.99. The van der Waals surface area contributed by atoms with Gasteiger partial charge in [0.25, 0.3) is 0 Å². The van der Waals surface area contributed by atoms with Crippen LogP contribution in [0.2, 0.25) is 0 Å². The Morgan fingerprint density at radius 3 is 1.94 bits per heavy atom. The number of rotatable bonds is 3. The van der Waals surface area contributed by atoms with Crippen LogP contribution in [-0.4, -0.2) is 37.7 Å². The van der Waals surface area contributed by atoms with Crippen molar-refractivity contribution in [1.82, 2.24) is 4.90 Å². The number of hydrogen-bond donors (Lipinski definition) is 0. The highest BCUT2D eigenvalue weighted by molar-refractivity contribution is 4.81. The van der Waals surface area contributed by atoms with E-state index in [0.717, 1.165) is 18.6 Å². The average molecular weight is 255 g/mol. The lowest BCUT2D eigenvalue weighted by atomic mass is 9.96. The van der Waals surface area contributed by atoms with Crippen LogP contribution in [-0.2, 0) is 4.74 Å². The molecule has 1 saturated heterocycles. The van der Waals surface area contributed by atoms with Gasteiger partial charge in [-0.25, -0.2) is 0 Å². The molecule has 2 rings (SSSR count). The molecule has 0 atom stereocenters. The van der Waals surface area contributed by atoms with E-state index in [1.54, 1.807) is 0 Å². The molecule has 0 aromatic carbocycles. The van der Waals surface area contributed by atoms with E-state index in [9.17, 15) is 0 Å². The number of ether oxygens (including phenoxy) is 1. The molecular formula is C16H33NO. The molecule has 2 nitrogen and oxygen atoms in total. The molecule has 18 heavy (non-hydrogen) atoms. The minimum atomic E-state index is 0.831. The molecule has 0 unspecified atom stereocenters.